The van der Waals surface area contributed by atoms with E-state index in [2.05, 4.69) is 38.1 Å². The highest BCUT2D eigenvalue weighted by atomic mass is 32.2. The fourth-order valence-corrected chi connectivity index (χ4v) is 5.08. The van der Waals surface area contributed by atoms with Gasteiger partial charge in [0.05, 0.1) is 19.3 Å². The van der Waals surface area contributed by atoms with E-state index in [0.29, 0.717) is 19.1 Å². The van der Waals surface area contributed by atoms with E-state index < -0.39 is 11.2 Å². The Kier molecular flexibility index (Phi) is 21.2. The zero-order valence-corrected chi connectivity index (χ0v) is 23.4. The van der Waals surface area contributed by atoms with Gasteiger partial charge in [0.15, 0.2) is 0 Å². The molecular formula is C30H54O3S. The van der Waals surface area contributed by atoms with Crippen molar-refractivity contribution in [3.8, 4) is 0 Å². The molecule has 2 atom stereocenters. The van der Waals surface area contributed by atoms with Crippen LogP contribution in [0.2, 0.25) is 0 Å². The van der Waals surface area contributed by atoms with Crippen LogP contribution in [0.25, 0.3) is 0 Å². The van der Waals surface area contributed by atoms with Gasteiger partial charge in [0.2, 0.25) is 0 Å². The quantitative estimate of drug-likeness (QED) is 0.107. The highest BCUT2D eigenvalue weighted by Crippen LogP contribution is 2.14. The fourth-order valence-electron chi connectivity index (χ4n) is 4.27. The molecule has 34 heavy (non-hydrogen) atoms. The summed E-state index contributed by atoms with van der Waals surface area (Å²) in [6, 6.07) is 10.4. The molecule has 198 valence electrons. The molecule has 0 bridgehead atoms. The molecule has 3 nitrogen and oxygen atoms in total. The van der Waals surface area contributed by atoms with E-state index in [-0.39, 0.29) is 6.10 Å². The standard InChI is InChI=1S/C30H54O3S/c1-4-34(31)24-20-15-13-11-9-7-5-6-8-10-12-14-19-23-32-27-30(25-28(2)3)33-26-29-21-17-16-18-22-29/h16-18,21-22,28,30H,4-15,19-20,23-27H2,1-3H3. The number of hydrogen-bond acceptors (Lipinski definition) is 3. The van der Waals surface area contributed by atoms with Crippen LogP contribution in [0.4, 0.5) is 0 Å². The Balaban J connectivity index is 1.87. The fraction of sp³-hybridized carbons (Fsp3) is 0.800. The van der Waals surface area contributed by atoms with E-state index in [1.54, 1.807) is 0 Å². The summed E-state index contributed by atoms with van der Waals surface area (Å²) in [5, 5.41) is 0. The molecule has 0 heterocycles. The van der Waals surface area contributed by atoms with E-state index in [0.717, 1.165) is 31.0 Å². The van der Waals surface area contributed by atoms with Crippen LogP contribution >= 0.6 is 0 Å². The topological polar surface area (TPSA) is 41.5 Å². The minimum Gasteiger partial charge on any atom is -0.616 e. The Labute approximate surface area is 215 Å². The molecule has 0 aliphatic rings. The van der Waals surface area contributed by atoms with Gasteiger partial charge in [-0.25, -0.2) is 0 Å². The molecule has 0 saturated carbocycles. The number of unbranched alkanes of at least 4 members (excludes halogenated alkanes) is 12. The number of ether oxygens (including phenoxy) is 2. The van der Waals surface area contributed by atoms with Crippen molar-refractivity contribution < 1.29 is 14.0 Å². The predicted molar refractivity (Wildman–Crippen MR) is 149 cm³/mol. The van der Waals surface area contributed by atoms with E-state index in [4.69, 9.17) is 9.47 Å². The average molecular weight is 495 g/mol. The normalized spacial score (nSPS) is 13.4. The van der Waals surface area contributed by atoms with Crippen LogP contribution in [0.1, 0.15) is 116 Å². The molecule has 0 N–H and O–H groups in total. The van der Waals surface area contributed by atoms with Crippen molar-refractivity contribution in [1.82, 2.24) is 0 Å². The maximum atomic E-state index is 11.4. The van der Waals surface area contributed by atoms with Crippen molar-refractivity contribution >= 4 is 11.2 Å². The first-order valence-corrected chi connectivity index (χ1v) is 15.7. The molecule has 0 radical (unpaired) electrons. The van der Waals surface area contributed by atoms with Gasteiger partial charge in [-0.2, -0.15) is 0 Å². The van der Waals surface area contributed by atoms with Gasteiger partial charge in [-0.15, -0.1) is 0 Å². The highest BCUT2D eigenvalue weighted by molar-refractivity contribution is 7.91. The van der Waals surface area contributed by atoms with Gasteiger partial charge >= 0.3 is 0 Å². The molecular weight excluding hydrogens is 440 g/mol. The van der Waals surface area contributed by atoms with Crippen molar-refractivity contribution in [1.29, 1.82) is 0 Å². The molecule has 4 heteroatoms. The monoisotopic (exact) mass is 494 g/mol. The summed E-state index contributed by atoms with van der Waals surface area (Å²) >= 11 is -0.568. The molecule has 0 saturated heterocycles. The summed E-state index contributed by atoms with van der Waals surface area (Å²) < 4.78 is 23.5. The molecule has 0 aliphatic carbocycles. The van der Waals surface area contributed by atoms with Crippen molar-refractivity contribution in [2.75, 3.05) is 24.7 Å². The molecule has 0 amide bonds. The van der Waals surface area contributed by atoms with Gasteiger partial charge in [0.25, 0.3) is 0 Å². The molecule has 0 aromatic heterocycles. The van der Waals surface area contributed by atoms with E-state index in [1.807, 2.05) is 13.0 Å². The Bertz CT molecular complexity index is 537. The van der Waals surface area contributed by atoms with Crippen LogP contribution in [0.3, 0.4) is 0 Å². The maximum Gasteiger partial charge on any atom is 0.105 e. The summed E-state index contributed by atoms with van der Waals surface area (Å²) in [7, 11) is 0. The van der Waals surface area contributed by atoms with Crippen molar-refractivity contribution in [2.45, 2.75) is 123 Å². The van der Waals surface area contributed by atoms with Crippen LogP contribution in [0.15, 0.2) is 30.3 Å². The first kappa shape index (κ1) is 31.5. The molecule has 0 fully saturated rings. The van der Waals surface area contributed by atoms with Gasteiger partial charge in [-0.05, 0) is 44.1 Å². The predicted octanol–water partition coefficient (Wildman–Crippen LogP) is 8.47. The van der Waals surface area contributed by atoms with Crippen LogP contribution in [0, 0.1) is 5.92 Å². The first-order chi connectivity index (χ1) is 16.6. The van der Waals surface area contributed by atoms with Crippen LogP contribution in [0.5, 0.6) is 0 Å². The summed E-state index contributed by atoms with van der Waals surface area (Å²) in [6.45, 7) is 8.75. The van der Waals surface area contributed by atoms with Crippen molar-refractivity contribution in [2.24, 2.45) is 5.92 Å². The van der Waals surface area contributed by atoms with Crippen LogP contribution in [-0.2, 0) is 27.3 Å². The Hall–Kier alpha value is -0.550. The van der Waals surface area contributed by atoms with Crippen molar-refractivity contribution in [3.63, 3.8) is 0 Å². The Morgan fingerprint density at radius 2 is 1.29 bits per heavy atom. The lowest BCUT2D eigenvalue weighted by atomic mass is 10.0. The third-order valence-corrected chi connectivity index (χ3v) is 7.74. The molecule has 1 aromatic carbocycles. The highest BCUT2D eigenvalue weighted by Gasteiger charge is 2.12. The Morgan fingerprint density at radius 1 is 0.765 bits per heavy atom. The number of hydrogen-bond donors (Lipinski definition) is 0. The largest absolute Gasteiger partial charge is 0.616 e. The van der Waals surface area contributed by atoms with E-state index >= 15 is 0 Å². The third-order valence-electron chi connectivity index (χ3n) is 6.35. The second-order valence-corrected chi connectivity index (χ2v) is 12.0. The molecule has 0 aliphatic heterocycles. The summed E-state index contributed by atoms with van der Waals surface area (Å²) in [6.07, 6.45) is 18.4. The van der Waals surface area contributed by atoms with Gasteiger partial charge in [-0.1, -0.05) is 120 Å². The molecule has 0 spiro atoms. The third kappa shape index (κ3) is 19.7. The van der Waals surface area contributed by atoms with Crippen molar-refractivity contribution in [3.05, 3.63) is 35.9 Å². The second-order valence-electron chi connectivity index (χ2n) is 10.2. The zero-order chi connectivity index (χ0) is 24.7. The summed E-state index contributed by atoms with van der Waals surface area (Å²) in [4.78, 5) is 0. The minimum absolute atomic E-state index is 0.187. The number of benzene rings is 1. The average Bonchev–Trinajstić information content (AvgIpc) is 2.84. The van der Waals surface area contributed by atoms with Gasteiger partial charge < -0.3 is 14.0 Å². The van der Waals surface area contributed by atoms with Crippen LogP contribution < -0.4 is 0 Å². The molecule has 2 unspecified atom stereocenters. The van der Waals surface area contributed by atoms with E-state index in [9.17, 15) is 4.55 Å². The summed E-state index contributed by atoms with van der Waals surface area (Å²) in [5.41, 5.74) is 1.23. The lowest BCUT2D eigenvalue weighted by Gasteiger charge is -2.20. The van der Waals surface area contributed by atoms with Crippen LogP contribution in [-0.4, -0.2) is 35.4 Å². The molecule has 1 aromatic rings. The van der Waals surface area contributed by atoms with Gasteiger partial charge in [-0.3, -0.25) is 0 Å². The second kappa shape index (κ2) is 22.9. The van der Waals surface area contributed by atoms with Gasteiger partial charge in [0.1, 0.15) is 11.5 Å². The van der Waals surface area contributed by atoms with Gasteiger partial charge in [0, 0.05) is 6.61 Å². The Morgan fingerprint density at radius 3 is 1.82 bits per heavy atom. The molecule has 1 rings (SSSR count). The lowest BCUT2D eigenvalue weighted by Crippen LogP contribution is -2.22. The minimum atomic E-state index is -0.568. The first-order valence-electron chi connectivity index (χ1n) is 14.2. The maximum absolute atomic E-state index is 11.4. The lowest BCUT2D eigenvalue weighted by molar-refractivity contribution is -0.0346. The SMILES string of the molecule is CC[S+]([O-])CCCCCCCCCCCCCCCOCC(CC(C)C)OCc1ccccc1. The zero-order valence-electron chi connectivity index (χ0n) is 22.6. The van der Waals surface area contributed by atoms with E-state index in [1.165, 1.54) is 82.6 Å². The summed E-state index contributed by atoms with van der Waals surface area (Å²) in [5.74, 6) is 2.34. The number of rotatable bonds is 24. The smallest absolute Gasteiger partial charge is 0.105 e.